The van der Waals surface area contributed by atoms with Crippen LogP contribution < -0.4 is 0 Å². The van der Waals surface area contributed by atoms with Crippen molar-refractivity contribution in [3.05, 3.63) is 41.3 Å². The molecule has 0 atom stereocenters. The van der Waals surface area contributed by atoms with Gasteiger partial charge in [-0.25, -0.2) is 15.0 Å². The van der Waals surface area contributed by atoms with Crippen molar-refractivity contribution in [2.45, 2.75) is 25.3 Å². The van der Waals surface area contributed by atoms with E-state index in [1.165, 1.54) is 4.57 Å². The number of imidazole rings is 1. The van der Waals surface area contributed by atoms with Crippen LogP contribution in [0.4, 0.5) is 26.3 Å². The number of halogens is 6. The third-order valence-corrected chi connectivity index (χ3v) is 3.98. The predicted octanol–water partition coefficient (Wildman–Crippen LogP) is 4.09. The minimum Gasteiger partial charge on any atom is -0.308 e. The lowest BCUT2D eigenvalue weighted by Crippen LogP contribution is -2.18. The van der Waals surface area contributed by atoms with Crippen LogP contribution in [-0.4, -0.2) is 19.5 Å². The van der Waals surface area contributed by atoms with Gasteiger partial charge < -0.3 is 4.57 Å². The van der Waals surface area contributed by atoms with Crippen LogP contribution in [0, 0.1) is 0 Å². The van der Waals surface area contributed by atoms with Gasteiger partial charge in [0.25, 0.3) is 0 Å². The second-order valence-electron chi connectivity index (χ2n) is 5.56. The molecule has 0 unspecified atom stereocenters. The Balaban J connectivity index is 2.08. The Kier molecular flexibility index (Phi) is 3.13. The molecule has 0 aliphatic carbocycles. The Morgan fingerprint density at radius 1 is 0.880 bits per heavy atom. The van der Waals surface area contributed by atoms with Crippen LogP contribution in [0.25, 0.3) is 22.6 Å². The van der Waals surface area contributed by atoms with E-state index in [0.29, 0.717) is 12.0 Å². The molecule has 2 aromatic heterocycles. The molecule has 0 fully saturated rings. The average Bonchev–Trinajstić information content (AvgIpc) is 2.91. The van der Waals surface area contributed by atoms with Crippen molar-refractivity contribution < 1.29 is 26.3 Å². The number of rotatable bonds is 0. The van der Waals surface area contributed by atoms with Crippen LogP contribution in [0.5, 0.6) is 0 Å². The van der Waals surface area contributed by atoms with E-state index >= 15 is 0 Å². The minimum atomic E-state index is -5.09. The fraction of sp³-hybridized carbons (Fsp3) is 0.267. The number of fused-ring (bicyclic) bond motifs is 5. The molecule has 0 saturated heterocycles. The van der Waals surface area contributed by atoms with Gasteiger partial charge in [-0.05, 0) is 12.0 Å². The van der Waals surface area contributed by atoms with Crippen LogP contribution in [-0.2, 0) is 25.3 Å². The molecule has 0 amide bonds. The maximum Gasteiger partial charge on any atom is 0.451 e. The van der Waals surface area contributed by atoms with Gasteiger partial charge in [0.05, 0.1) is 0 Å². The molecule has 0 radical (unpaired) electrons. The normalized spacial score (nSPS) is 14.5. The number of nitrogens with zero attached hydrogens (tertiary/aromatic N) is 4. The highest BCUT2D eigenvalue weighted by Crippen LogP contribution is 2.39. The zero-order valence-electron chi connectivity index (χ0n) is 12.3. The van der Waals surface area contributed by atoms with E-state index in [9.17, 15) is 26.3 Å². The summed E-state index contributed by atoms with van der Waals surface area (Å²) in [6.07, 6.45) is -9.71. The van der Waals surface area contributed by atoms with E-state index in [1.807, 2.05) is 0 Å². The largest absolute Gasteiger partial charge is 0.451 e. The Labute approximate surface area is 136 Å². The summed E-state index contributed by atoms with van der Waals surface area (Å²) in [6, 6.07) is 6.93. The smallest absolute Gasteiger partial charge is 0.308 e. The number of hydrogen-bond acceptors (Lipinski definition) is 3. The number of aryl methyl sites for hydroxylation is 2. The Bertz CT molecular complexity index is 986. The highest BCUT2D eigenvalue weighted by atomic mass is 19.4. The SMILES string of the molecule is FC(F)(F)c1nc(C(F)(F)F)c2nc3n(c2n1)CCc1ccccc1-3. The molecule has 3 aromatic rings. The van der Waals surface area contributed by atoms with Gasteiger partial charge in [0.2, 0.25) is 5.82 Å². The molecule has 10 heteroatoms. The summed E-state index contributed by atoms with van der Waals surface area (Å²) < 4.78 is 79.8. The van der Waals surface area contributed by atoms with Crippen LogP contribution in [0.15, 0.2) is 24.3 Å². The fourth-order valence-electron chi connectivity index (χ4n) is 2.93. The lowest BCUT2D eigenvalue weighted by molar-refractivity contribution is -0.151. The van der Waals surface area contributed by atoms with Gasteiger partial charge >= 0.3 is 12.4 Å². The molecule has 1 aliphatic rings. The van der Waals surface area contributed by atoms with Crippen molar-refractivity contribution in [3.8, 4) is 11.4 Å². The van der Waals surface area contributed by atoms with Crippen molar-refractivity contribution in [2.75, 3.05) is 0 Å². The molecule has 130 valence electrons. The lowest BCUT2D eigenvalue weighted by atomic mass is 10.0. The topological polar surface area (TPSA) is 43.6 Å². The first-order valence-electron chi connectivity index (χ1n) is 7.17. The van der Waals surface area contributed by atoms with Crippen LogP contribution in [0.2, 0.25) is 0 Å². The fourth-order valence-corrected chi connectivity index (χ4v) is 2.93. The molecule has 1 aliphatic heterocycles. The quantitative estimate of drug-likeness (QED) is 0.569. The zero-order valence-corrected chi connectivity index (χ0v) is 12.3. The van der Waals surface area contributed by atoms with Crippen molar-refractivity contribution in [3.63, 3.8) is 0 Å². The minimum absolute atomic E-state index is 0.163. The molecule has 4 rings (SSSR count). The summed E-state index contributed by atoms with van der Waals surface area (Å²) in [7, 11) is 0. The van der Waals surface area contributed by atoms with Crippen molar-refractivity contribution >= 4 is 11.2 Å². The third-order valence-electron chi connectivity index (χ3n) is 3.98. The summed E-state index contributed by atoms with van der Waals surface area (Å²) >= 11 is 0. The summed E-state index contributed by atoms with van der Waals surface area (Å²) in [5.41, 5.74) is -1.37. The van der Waals surface area contributed by atoms with E-state index < -0.39 is 35.0 Å². The Morgan fingerprint density at radius 3 is 2.28 bits per heavy atom. The molecule has 4 nitrogen and oxygen atoms in total. The second kappa shape index (κ2) is 4.93. The molecular formula is C15H8F6N4. The van der Waals surface area contributed by atoms with E-state index in [2.05, 4.69) is 15.0 Å². The first-order chi connectivity index (χ1) is 11.7. The zero-order chi connectivity index (χ0) is 18.0. The van der Waals surface area contributed by atoms with Crippen molar-refractivity contribution in [1.29, 1.82) is 0 Å². The van der Waals surface area contributed by atoms with Crippen LogP contribution in [0.3, 0.4) is 0 Å². The lowest BCUT2D eigenvalue weighted by Gasteiger charge is -2.18. The monoisotopic (exact) mass is 358 g/mol. The molecule has 3 heterocycles. The van der Waals surface area contributed by atoms with E-state index in [1.54, 1.807) is 24.3 Å². The number of benzene rings is 1. The molecule has 0 N–H and O–H groups in total. The number of aromatic nitrogens is 4. The van der Waals surface area contributed by atoms with Crippen LogP contribution in [0.1, 0.15) is 17.1 Å². The summed E-state index contributed by atoms with van der Waals surface area (Å²) in [5.74, 6) is -1.66. The Morgan fingerprint density at radius 2 is 1.60 bits per heavy atom. The van der Waals surface area contributed by atoms with E-state index in [-0.39, 0.29) is 12.4 Å². The van der Waals surface area contributed by atoms with Crippen molar-refractivity contribution in [1.82, 2.24) is 19.5 Å². The first-order valence-corrected chi connectivity index (χ1v) is 7.17. The first kappa shape index (κ1) is 15.9. The summed E-state index contributed by atoms with van der Waals surface area (Å²) in [4.78, 5) is 9.97. The van der Waals surface area contributed by atoms with Gasteiger partial charge in [-0.2, -0.15) is 26.3 Å². The van der Waals surface area contributed by atoms with Crippen LogP contribution >= 0.6 is 0 Å². The molecule has 0 saturated carbocycles. The molecule has 1 aromatic carbocycles. The standard InChI is InChI=1S/C15H8F6N4/c16-14(17,18)10-9-12(24-13(23-10)15(19,20)21)25-6-5-7-3-1-2-4-8(7)11(25)22-9/h1-4H,5-6H2. The number of alkyl halides is 6. The third kappa shape index (κ3) is 2.43. The van der Waals surface area contributed by atoms with Crippen molar-refractivity contribution in [2.24, 2.45) is 0 Å². The van der Waals surface area contributed by atoms with Gasteiger partial charge in [-0.3, -0.25) is 0 Å². The summed E-state index contributed by atoms with van der Waals surface area (Å²) in [5, 5.41) is 0. The maximum atomic E-state index is 13.2. The van der Waals surface area contributed by atoms with E-state index in [4.69, 9.17) is 0 Å². The van der Waals surface area contributed by atoms with Gasteiger partial charge in [0.15, 0.2) is 11.3 Å². The van der Waals surface area contributed by atoms with Gasteiger partial charge in [-0.1, -0.05) is 24.3 Å². The van der Waals surface area contributed by atoms with Gasteiger partial charge in [-0.15, -0.1) is 0 Å². The summed E-state index contributed by atoms with van der Waals surface area (Å²) in [6.45, 7) is 0.189. The van der Waals surface area contributed by atoms with Gasteiger partial charge in [0.1, 0.15) is 11.3 Å². The average molecular weight is 358 g/mol. The van der Waals surface area contributed by atoms with Gasteiger partial charge in [0, 0.05) is 12.1 Å². The predicted molar refractivity (Wildman–Crippen MR) is 74.5 cm³/mol. The molecule has 25 heavy (non-hydrogen) atoms. The molecular weight excluding hydrogens is 350 g/mol. The highest BCUT2D eigenvalue weighted by Gasteiger charge is 2.43. The highest BCUT2D eigenvalue weighted by molar-refractivity contribution is 5.81. The van der Waals surface area contributed by atoms with E-state index in [0.717, 1.165) is 5.56 Å². The second-order valence-corrected chi connectivity index (χ2v) is 5.56. The Hall–Kier alpha value is -2.65. The number of hydrogen-bond donors (Lipinski definition) is 0. The maximum absolute atomic E-state index is 13.2. The molecule has 0 spiro atoms. The molecule has 0 bridgehead atoms.